The minimum atomic E-state index is 0. The molecule has 7 aromatic rings. The predicted octanol–water partition coefficient (Wildman–Crippen LogP) is 7.65. The number of halogens is 1. The van der Waals surface area contributed by atoms with Crippen molar-refractivity contribution in [2.75, 3.05) is 5.73 Å². The van der Waals surface area contributed by atoms with Crippen molar-refractivity contribution in [1.29, 1.82) is 0 Å². The Morgan fingerprint density at radius 1 is 0.755 bits per heavy atom. The molecule has 0 saturated carbocycles. The average Bonchev–Trinajstić information content (AvgIpc) is 3.67. The number of aromatic nitrogens is 4. The van der Waals surface area contributed by atoms with Gasteiger partial charge >= 0.3 is 29.6 Å². The van der Waals surface area contributed by atoms with Gasteiger partial charge in [-0.15, -0.1) is 10.2 Å². The Hall–Kier alpha value is -4.62. The van der Waals surface area contributed by atoms with E-state index in [2.05, 4.69) is 93.0 Å². The minimum Gasteiger partial charge on any atom is -0.444 e. The standard InChI is InChI=1S/C10H10N2O.C10H12N2.C10H11N.C6H7N.C4H7BrO.HNO2.Na/c1-7-8(2)12-6-4-3-5-9(12)10(7)11-13;1-7-8(2)12-6-4-3-5-9(12)10(7)11;1-8-7-10-5-3-4-6-11(10)9(8)2;1-6-4-2-3-5-7-6;1-3(5)4(2)6;2-1-3;/h3-6H,1-2H3;3-6H,11H2,1-2H3;3-7H,1-2H3;2-5H,1H3;3H,1-2H3;(H,2,3);/q;;;;;;+1/p-1. The maximum Gasteiger partial charge on any atom is 1.00 e. The Labute approximate surface area is 341 Å². The van der Waals surface area contributed by atoms with E-state index in [0.717, 1.165) is 39.0 Å². The number of aryl methyl sites for hydroxylation is 5. The zero-order valence-corrected chi connectivity index (χ0v) is 35.7. The summed E-state index contributed by atoms with van der Waals surface area (Å²) < 4.78 is 6.30. The summed E-state index contributed by atoms with van der Waals surface area (Å²) in [6.45, 7) is 17.7. The number of nitrogens with two attached hydrogens (primary N) is 1. The third-order valence-electron chi connectivity index (χ3n) is 8.46. The normalized spacial score (nSPS) is 10.2. The average molecular weight is 793 g/mol. The van der Waals surface area contributed by atoms with Crippen LogP contribution in [0.1, 0.15) is 53.3 Å². The summed E-state index contributed by atoms with van der Waals surface area (Å²) in [4.78, 5) is 32.7. The fraction of sp³-hybridized carbons (Fsp3) is 0.250. The molecule has 11 nitrogen and oxygen atoms in total. The molecule has 274 valence electrons. The largest absolute Gasteiger partial charge is 1.00 e. The van der Waals surface area contributed by atoms with E-state index in [1.165, 1.54) is 28.0 Å². The van der Waals surface area contributed by atoms with E-state index in [-0.39, 0.29) is 40.2 Å². The molecular weight excluding hydrogens is 745 g/mol. The van der Waals surface area contributed by atoms with Crippen molar-refractivity contribution < 1.29 is 34.4 Å². The number of nitrogens with zero attached hydrogens (tertiary/aromatic N) is 6. The summed E-state index contributed by atoms with van der Waals surface area (Å²) in [5.41, 5.74) is 18.8. The molecule has 1 atom stereocenters. The second-order valence-corrected chi connectivity index (χ2v) is 13.2. The van der Waals surface area contributed by atoms with Gasteiger partial charge in [0.1, 0.15) is 11.5 Å². The molecule has 0 aliphatic rings. The minimum absolute atomic E-state index is 0. The number of hydrogen-bond donors (Lipinski definition) is 1. The fourth-order valence-electron chi connectivity index (χ4n) is 4.95. The molecule has 1 unspecified atom stereocenters. The van der Waals surface area contributed by atoms with Crippen LogP contribution in [0.15, 0.2) is 114 Å². The number of carbonyl (C=O) groups is 1. The summed E-state index contributed by atoms with van der Waals surface area (Å²) in [5, 5.41) is 12.0. The molecule has 7 rings (SSSR count). The van der Waals surface area contributed by atoms with Crippen LogP contribution in [0.4, 0.5) is 11.4 Å². The topological polar surface area (TPSA) is 151 Å². The molecule has 0 saturated heterocycles. The molecule has 0 fully saturated rings. The van der Waals surface area contributed by atoms with Gasteiger partial charge in [-0.3, -0.25) is 9.78 Å². The van der Waals surface area contributed by atoms with Gasteiger partial charge in [-0.25, -0.2) is 0 Å². The molecule has 7 heterocycles. The number of ketones is 1. The van der Waals surface area contributed by atoms with Crippen molar-refractivity contribution in [1.82, 2.24) is 18.2 Å². The maximum absolute atomic E-state index is 10.6. The Bertz CT molecular complexity index is 2170. The van der Waals surface area contributed by atoms with Crippen LogP contribution in [0.25, 0.3) is 16.6 Å². The van der Waals surface area contributed by atoms with Crippen LogP contribution < -0.4 is 35.3 Å². The molecule has 0 spiro atoms. The van der Waals surface area contributed by atoms with E-state index in [0.29, 0.717) is 5.69 Å². The molecule has 13 heteroatoms. The molecule has 0 aliphatic carbocycles. The number of anilines is 1. The molecule has 0 aromatic carbocycles. The van der Waals surface area contributed by atoms with Crippen molar-refractivity contribution in [3.8, 4) is 0 Å². The van der Waals surface area contributed by atoms with E-state index in [9.17, 15) is 9.70 Å². The first-order chi connectivity index (χ1) is 24.7. The number of pyridine rings is 4. The van der Waals surface area contributed by atoms with Crippen LogP contribution in [0.3, 0.4) is 0 Å². The van der Waals surface area contributed by atoms with Gasteiger partial charge in [0.05, 0.1) is 21.5 Å². The third kappa shape index (κ3) is 13.1. The fourth-order valence-corrected chi connectivity index (χ4v) is 4.95. The second-order valence-electron chi connectivity index (χ2n) is 11.9. The first kappa shape index (κ1) is 46.4. The van der Waals surface area contributed by atoms with E-state index in [1.54, 1.807) is 13.1 Å². The number of carbonyl (C=O) groups excluding carboxylic acids is 1. The van der Waals surface area contributed by atoms with E-state index in [1.807, 2.05) is 99.1 Å². The molecule has 0 amide bonds. The SMILES string of the molecule is CC(=O)C(C)Br.Cc1c(N)c2ccccn2c1C.Cc1c(N=O)c2ccccn2c1C.Cc1cc2ccccn2c1C.Cc1ccccn1.O=N[O-].[Na+]. The summed E-state index contributed by atoms with van der Waals surface area (Å²) >= 11 is 3.09. The van der Waals surface area contributed by atoms with Crippen molar-refractivity contribution in [3.05, 3.63) is 158 Å². The van der Waals surface area contributed by atoms with E-state index >= 15 is 0 Å². The summed E-state index contributed by atoms with van der Waals surface area (Å²) in [6.07, 6.45) is 7.85. The van der Waals surface area contributed by atoms with E-state index < -0.39 is 0 Å². The van der Waals surface area contributed by atoms with E-state index in [4.69, 9.17) is 15.8 Å². The van der Waals surface area contributed by atoms with Crippen molar-refractivity contribution in [2.24, 2.45) is 10.5 Å². The van der Waals surface area contributed by atoms with Gasteiger partial charge < -0.3 is 29.1 Å². The number of alkyl halides is 1. The molecule has 0 bridgehead atoms. The quantitative estimate of drug-likeness (QED) is 0.0822. The summed E-state index contributed by atoms with van der Waals surface area (Å²) in [6, 6.07) is 26.1. The molecule has 0 radical (unpaired) electrons. The van der Waals surface area contributed by atoms with Gasteiger partial charge in [-0.1, -0.05) is 40.2 Å². The van der Waals surface area contributed by atoms with Gasteiger partial charge in [-0.05, 0) is 139 Å². The van der Waals surface area contributed by atoms with Crippen LogP contribution >= 0.6 is 15.9 Å². The Morgan fingerprint density at radius 3 is 1.66 bits per heavy atom. The number of hydrogen-bond acceptors (Lipinski definition) is 8. The Kier molecular flexibility index (Phi) is 20.3. The number of fused-ring (bicyclic) bond motifs is 3. The summed E-state index contributed by atoms with van der Waals surface area (Å²) in [5.74, 6) is 0.176. The zero-order chi connectivity index (χ0) is 39.0. The van der Waals surface area contributed by atoms with Crippen LogP contribution in [0, 0.1) is 63.5 Å². The number of nitrogen functional groups attached to an aromatic ring is 1. The first-order valence-corrected chi connectivity index (χ1v) is 17.3. The second kappa shape index (κ2) is 23.1. The number of rotatable bonds is 2. The third-order valence-corrected chi connectivity index (χ3v) is 9.10. The molecule has 53 heavy (non-hydrogen) atoms. The molecule has 7 aromatic heterocycles. The van der Waals surface area contributed by atoms with Crippen LogP contribution in [0.5, 0.6) is 0 Å². The smallest absolute Gasteiger partial charge is 0.444 e. The molecule has 0 aliphatic heterocycles. The molecule has 2 N–H and O–H groups in total. The van der Waals surface area contributed by atoms with Gasteiger partial charge in [0, 0.05) is 53.1 Å². The Balaban J connectivity index is 0.000000332. The van der Waals surface area contributed by atoms with Crippen molar-refractivity contribution in [2.45, 2.75) is 67.1 Å². The Morgan fingerprint density at radius 2 is 1.23 bits per heavy atom. The first-order valence-electron chi connectivity index (χ1n) is 16.4. The van der Waals surface area contributed by atoms with Crippen LogP contribution in [-0.2, 0) is 4.79 Å². The predicted molar refractivity (Wildman–Crippen MR) is 218 cm³/mol. The van der Waals surface area contributed by atoms with Crippen molar-refractivity contribution >= 4 is 49.6 Å². The van der Waals surface area contributed by atoms with Gasteiger partial charge in [0.25, 0.3) is 0 Å². The van der Waals surface area contributed by atoms with Crippen molar-refractivity contribution in [3.63, 3.8) is 0 Å². The summed E-state index contributed by atoms with van der Waals surface area (Å²) in [7, 11) is 0. The van der Waals surface area contributed by atoms with Crippen LogP contribution in [0.2, 0.25) is 0 Å². The maximum atomic E-state index is 10.6. The number of nitroso groups, excluding NO2 is 1. The van der Waals surface area contributed by atoms with Gasteiger partial charge in [-0.2, -0.15) is 0 Å². The van der Waals surface area contributed by atoms with Gasteiger partial charge in [0.2, 0.25) is 0 Å². The zero-order valence-electron chi connectivity index (χ0n) is 32.2. The van der Waals surface area contributed by atoms with Crippen LogP contribution in [-0.4, -0.2) is 28.8 Å². The monoisotopic (exact) mass is 791 g/mol. The molecular formula is C40H47BrN7NaO4. The number of Topliss-reactive ketones (excluding diaryl/α,β-unsaturated/α-hetero) is 1. The van der Waals surface area contributed by atoms with Gasteiger partial charge in [0.15, 0.2) is 0 Å².